The fraction of sp³-hybridized carbons (Fsp3) is 0.0500. The Balaban J connectivity index is 1.77. The van der Waals surface area contributed by atoms with Crippen molar-refractivity contribution in [1.82, 2.24) is 0 Å². The van der Waals surface area contributed by atoms with Gasteiger partial charge in [-0.3, -0.25) is 4.79 Å². The molecule has 0 bridgehead atoms. The van der Waals surface area contributed by atoms with E-state index in [4.69, 9.17) is 4.74 Å². The van der Waals surface area contributed by atoms with E-state index in [0.717, 1.165) is 24.3 Å². The summed E-state index contributed by atoms with van der Waals surface area (Å²) in [5.41, 5.74) is -0.268. The van der Waals surface area contributed by atoms with Gasteiger partial charge in [0.05, 0.1) is 11.3 Å². The molecule has 0 atom stereocenters. The highest BCUT2D eigenvalue weighted by molar-refractivity contribution is 6.05. The first kappa shape index (κ1) is 17.5. The maximum Gasteiger partial charge on any atom is 0.416 e. The first-order valence-electron chi connectivity index (χ1n) is 7.74. The number of hydrogen-bond acceptors (Lipinski definition) is 2. The molecule has 0 fully saturated rings. The second kappa shape index (κ2) is 7.31. The van der Waals surface area contributed by atoms with Gasteiger partial charge in [0.2, 0.25) is 0 Å². The summed E-state index contributed by atoms with van der Waals surface area (Å²) < 4.78 is 43.6. The van der Waals surface area contributed by atoms with E-state index in [2.05, 4.69) is 5.32 Å². The minimum absolute atomic E-state index is 0.118. The number of hydrogen-bond donors (Lipinski definition) is 1. The highest BCUT2D eigenvalue weighted by Gasteiger charge is 2.30. The van der Waals surface area contributed by atoms with E-state index in [1.54, 1.807) is 36.4 Å². The predicted octanol–water partition coefficient (Wildman–Crippen LogP) is 5.75. The van der Waals surface area contributed by atoms with Crippen LogP contribution in [-0.4, -0.2) is 5.91 Å². The highest BCUT2D eigenvalue weighted by Crippen LogP contribution is 2.31. The lowest BCUT2D eigenvalue weighted by Crippen LogP contribution is -2.13. The van der Waals surface area contributed by atoms with E-state index < -0.39 is 17.6 Å². The minimum atomic E-state index is -4.44. The average Bonchev–Trinajstić information content (AvgIpc) is 2.63. The van der Waals surface area contributed by atoms with Crippen LogP contribution in [0.1, 0.15) is 15.9 Å². The van der Waals surface area contributed by atoms with Crippen LogP contribution in [0.5, 0.6) is 11.5 Å². The summed E-state index contributed by atoms with van der Waals surface area (Å²) >= 11 is 0. The molecule has 3 rings (SSSR count). The third kappa shape index (κ3) is 4.22. The third-order valence-corrected chi connectivity index (χ3v) is 3.58. The van der Waals surface area contributed by atoms with Crippen molar-refractivity contribution in [1.29, 1.82) is 0 Å². The molecule has 132 valence electrons. The van der Waals surface area contributed by atoms with E-state index in [-0.39, 0.29) is 5.56 Å². The molecule has 0 aliphatic rings. The van der Waals surface area contributed by atoms with Crippen LogP contribution >= 0.6 is 0 Å². The van der Waals surface area contributed by atoms with Gasteiger partial charge in [-0.15, -0.1) is 0 Å². The van der Waals surface area contributed by atoms with Crippen molar-refractivity contribution in [2.24, 2.45) is 0 Å². The van der Waals surface area contributed by atoms with Crippen LogP contribution in [0, 0.1) is 0 Å². The number of nitrogens with one attached hydrogen (secondary N) is 1. The van der Waals surface area contributed by atoms with E-state index in [0.29, 0.717) is 17.2 Å². The highest BCUT2D eigenvalue weighted by atomic mass is 19.4. The number of carbonyl (C=O) groups excluding carboxylic acids is 1. The molecule has 3 aromatic carbocycles. The largest absolute Gasteiger partial charge is 0.455 e. The van der Waals surface area contributed by atoms with Crippen LogP contribution in [0.15, 0.2) is 78.9 Å². The number of carbonyl (C=O) groups is 1. The SMILES string of the molecule is O=C(Nc1ccccc1Oc1ccccc1)c1ccc(C(F)(F)F)cc1. The van der Waals surface area contributed by atoms with E-state index in [1.165, 1.54) is 0 Å². The molecule has 0 radical (unpaired) electrons. The van der Waals surface area contributed by atoms with E-state index in [1.807, 2.05) is 18.2 Å². The molecule has 0 heterocycles. The number of anilines is 1. The van der Waals surface area contributed by atoms with Gasteiger partial charge in [-0.2, -0.15) is 13.2 Å². The zero-order valence-electron chi connectivity index (χ0n) is 13.5. The molecule has 0 saturated heterocycles. The summed E-state index contributed by atoms with van der Waals surface area (Å²) in [6, 6.07) is 19.9. The lowest BCUT2D eigenvalue weighted by molar-refractivity contribution is -0.137. The molecule has 3 aromatic rings. The summed E-state index contributed by atoms with van der Waals surface area (Å²) in [6.07, 6.45) is -4.44. The van der Waals surface area contributed by atoms with Crippen molar-refractivity contribution in [3.8, 4) is 11.5 Å². The molecular formula is C20H14F3NO2. The van der Waals surface area contributed by atoms with Gasteiger partial charge in [0, 0.05) is 5.56 Å². The zero-order chi connectivity index (χ0) is 18.6. The van der Waals surface area contributed by atoms with Crippen molar-refractivity contribution < 1.29 is 22.7 Å². The number of rotatable bonds is 4. The van der Waals surface area contributed by atoms with Crippen molar-refractivity contribution in [3.05, 3.63) is 90.0 Å². The molecule has 1 N–H and O–H groups in total. The van der Waals surface area contributed by atoms with Gasteiger partial charge in [0.1, 0.15) is 5.75 Å². The Kier molecular flexibility index (Phi) is 4.93. The Hall–Kier alpha value is -3.28. The van der Waals surface area contributed by atoms with Gasteiger partial charge in [-0.1, -0.05) is 30.3 Å². The number of alkyl halides is 3. The van der Waals surface area contributed by atoms with Gasteiger partial charge < -0.3 is 10.1 Å². The van der Waals surface area contributed by atoms with Gasteiger partial charge in [-0.25, -0.2) is 0 Å². The van der Waals surface area contributed by atoms with Crippen LogP contribution in [0.2, 0.25) is 0 Å². The Morgan fingerprint density at radius 1 is 0.808 bits per heavy atom. The number of para-hydroxylation sites is 3. The number of amides is 1. The molecule has 0 unspecified atom stereocenters. The predicted molar refractivity (Wildman–Crippen MR) is 92.4 cm³/mol. The van der Waals surface area contributed by atoms with Gasteiger partial charge >= 0.3 is 6.18 Å². The van der Waals surface area contributed by atoms with E-state index in [9.17, 15) is 18.0 Å². The lowest BCUT2D eigenvalue weighted by atomic mass is 10.1. The van der Waals surface area contributed by atoms with Crippen molar-refractivity contribution in [2.75, 3.05) is 5.32 Å². The standard InChI is InChI=1S/C20H14F3NO2/c21-20(22,23)15-12-10-14(11-13-15)19(25)24-17-8-4-5-9-18(17)26-16-6-2-1-3-7-16/h1-13H,(H,24,25). The fourth-order valence-electron chi connectivity index (χ4n) is 2.28. The topological polar surface area (TPSA) is 38.3 Å². The summed E-state index contributed by atoms with van der Waals surface area (Å²) in [5, 5.41) is 2.66. The minimum Gasteiger partial charge on any atom is -0.455 e. The summed E-state index contributed by atoms with van der Waals surface area (Å²) in [6.45, 7) is 0. The number of benzene rings is 3. The van der Waals surface area contributed by atoms with Crippen molar-refractivity contribution in [3.63, 3.8) is 0 Å². The van der Waals surface area contributed by atoms with Crippen molar-refractivity contribution in [2.45, 2.75) is 6.18 Å². The van der Waals surface area contributed by atoms with Crippen LogP contribution in [0.3, 0.4) is 0 Å². The molecule has 26 heavy (non-hydrogen) atoms. The molecule has 0 aliphatic heterocycles. The summed E-state index contributed by atoms with van der Waals surface area (Å²) in [4.78, 5) is 12.3. The Morgan fingerprint density at radius 3 is 2.08 bits per heavy atom. The molecule has 0 aliphatic carbocycles. The molecule has 0 saturated carbocycles. The molecular weight excluding hydrogens is 343 g/mol. The molecule has 0 spiro atoms. The Labute approximate surface area is 148 Å². The van der Waals surface area contributed by atoms with Crippen LogP contribution in [0.4, 0.5) is 18.9 Å². The first-order valence-corrected chi connectivity index (χ1v) is 7.74. The third-order valence-electron chi connectivity index (χ3n) is 3.58. The average molecular weight is 357 g/mol. The smallest absolute Gasteiger partial charge is 0.416 e. The van der Waals surface area contributed by atoms with Crippen LogP contribution in [0.25, 0.3) is 0 Å². The van der Waals surface area contributed by atoms with Crippen LogP contribution < -0.4 is 10.1 Å². The van der Waals surface area contributed by atoms with Crippen molar-refractivity contribution >= 4 is 11.6 Å². The maximum absolute atomic E-state index is 12.6. The normalized spacial score (nSPS) is 11.0. The second-order valence-corrected chi connectivity index (χ2v) is 5.44. The molecule has 6 heteroatoms. The monoisotopic (exact) mass is 357 g/mol. The lowest BCUT2D eigenvalue weighted by Gasteiger charge is -2.12. The quantitative estimate of drug-likeness (QED) is 0.646. The maximum atomic E-state index is 12.6. The van der Waals surface area contributed by atoms with Gasteiger partial charge in [0.25, 0.3) is 5.91 Å². The molecule has 0 aromatic heterocycles. The number of halogens is 3. The summed E-state index contributed by atoms with van der Waals surface area (Å²) in [5.74, 6) is 0.505. The van der Waals surface area contributed by atoms with E-state index >= 15 is 0 Å². The molecule has 1 amide bonds. The Bertz CT molecular complexity index is 891. The van der Waals surface area contributed by atoms with Gasteiger partial charge in [0.15, 0.2) is 5.75 Å². The van der Waals surface area contributed by atoms with Gasteiger partial charge in [-0.05, 0) is 48.5 Å². The first-order chi connectivity index (χ1) is 12.4. The second-order valence-electron chi connectivity index (χ2n) is 5.44. The fourth-order valence-corrected chi connectivity index (χ4v) is 2.28. The zero-order valence-corrected chi connectivity index (χ0v) is 13.5. The Morgan fingerprint density at radius 2 is 1.42 bits per heavy atom. The molecule has 3 nitrogen and oxygen atoms in total. The number of ether oxygens (including phenoxy) is 1. The van der Waals surface area contributed by atoms with Crippen LogP contribution in [-0.2, 0) is 6.18 Å². The summed E-state index contributed by atoms with van der Waals surface area (Å²) in [7, 11) is 0.